The average molecular weight is 276 g/mol. The third-order valence-electron chi connectivity index (χ3n) is 2.83. The monoisotopic (exact) mass is 276 g/mol. The van der Waals surface area contributed by atoms with Crippen molar-refractivity contribution in [3.63, 3.8) is 0 Å². The molecule has 4 nitrogen and oxygen atoms in total. The largest absolute Gasteiger partial charge is 0.481 e. The molecule has 0 unspecified atom stereocenters. The fourth-order valence-corrected chi connectivity index (χ4v) is 2.75. The van der Waals surface area contributed by atoms with Gasteiger partial charge in [-0.2, -0.15) is 0 Å². The van der Waals surface area contributed by atoms with Gasteiger partial charge in [-0.05, 0) is 36.8 Å². The highest BCUT2D eigenvalue weighted by molar-refractivity contribution is 7.12. The molecule has 0 spiro atoms. The first-order valence-corrected chi connectivity index (χ1v) is 6.89. The summed E-state index contributed by atoms with van der Waals surface area (Å²) in [4.78, 5) is 16.6. The molecule has 0 radical (unpaired) electrons. The van der Waals surface area contributed by atoms with Gasteiger partial charge in [0.05, 0.1) is 6.42 Å². The molecule has 0 saturated carbocycles. The van der Waals surface area contributed by atoms with Crippen LogP contribution in [0.15, 0.2) is 36.7 Å². The fourth-order valence-electron chi connectivity index (χ4n) is 1.79. The maximum Gasteiger partial charge on any atom is 0.308 e. The van der Waals surface area contributed by atoms with Crippen LogP contribution in [0.4, 0.5) is 0 Å². The Labute approximate surface area is 116 Å². The first-order valence-electron chi connectivity index (χ1n) is 6.08. The van der Waals surface area contributed by atoms with E-state index in [1.165, 1.54) is 5.56 Å². The molecule has 19 heavy (non-hydrogen) atoms. The third-order valence-corrected chi connectivity index (χ3v) is 3.92. The van der Waals surface area contributed by atoms with Gasteiger partial charge in [-0.3, -0.25) is 9.78 Å². The number of hydrogen-bond donors (Lipinski definition) is 2. The summed E-state index contributed by atoms with van der Waals surface area (Å²) >= 11 is 1.54. The van der Waals surface area contributed by atoms with Crippen molar-refractivity contribution in [1.82, 2.24) is 10.3 Å². The molecule has 100 valence electrons. The molecule has 0 aliphatic carbocycles. The molecule has 2 aromatic rings. The molecule has 0 fully saturated rings. The maximum atomic E-state index is 10.6. The summed E-state index contributed by atoms with van der Waals surface area (Å²) < 4.78 is 0. The van der Waals surface area contributed by atoms with Crippen molar-refractivity contribution in [1.29, 1.82) is 0 Å². The van der Waals surface area contributed by atoms with Gasteiger partial charge < -0.3 is 10.4 Å². The van der Waals surface area contributed by atoms with Gasteiger partial charge in [-0.15, -0.1) is 11.3 Å². The van der Waals surface area contributed by atoms with Crippen LogP contribution >= 0.6 is 11.3 Å². The molecule has 2 heterocycles. The lowest BCUT2D eigenvalue weighted by Gasteiger charge is -2.12. The molecule has 0 aliphatic rings. The van der Waals surface area contributed by atoms with E-state index in [9.17, 15) is 4.79 Å². The van der Waals surface area contributed by atoms with Gasteiger partial charge in [0.15, 0.2) is 0 Å². The van der Waals surface area contributed by atoms with E-state index in [1.807, 2.05) is 24.3 Å². The number of aliphatic carboxylic acids is 1. The molecular weight excluding hydrogens is 260 g/mol. The minimum atomic E-state index is -0.786. The minimum Gasteiger partial charge on any atom is -0.481 e. The van der Waals surface area contributed by atoms with Gasteiger partial charge in [0.25, 0.3) is 0 Å². The predicted molar refractivity (Wildman–Crippen MR) is 75.2 cm³/mol. The zero-order valence-corrected chi connectivity index (χ0v) is 11.5. The summed E-state index contributed by atoms with van der Waals surface area (Å²) in [6.45, 7) is 2.84. The minimum absolute atomic E-state index is 0.102. The van der Waals surface area contributed by atoms with Crippen LogP contribution in [0.5, 0.6) is 0 Å². The van der Waals surface area contributed by atoms with Crippen molar-refractivity contribution in [2.24, 2.45) is 0 Å². The number of carbonyl (C=O) groups is 1. The van der Waals surface area contributed by atoms with Crippen LogP contribution in [0.1, 0.15) is 28.3 Å². The van der Waals surface area contributed by atoms with E-state index in [4.69, 9.17) is 5.11 Å². The molecule has 0 bridgehead atoms. The second-order valence-electron chi connectivity index (χ2n) is 4.32. The number of nitrogens with zero attached hydrogens (tertiary/aromatic N) is 1. The van der Waals surface area contributed by atoms with Crippen LogP contribution in [0, 0.1) is 0 Å². The van der Waals surface area contributed by atoms with Gasteiger partial charge in [0, 0.05) is 34.7 Å². The van der Waals surface area contributed by atoms with Crippen molar-refractivity contribution in [2.45, 2.75) is 25.9 Å². The summed E-state index contributed by atoms with van der Waals surface area (Å²) in [5.74, 6) is -0.786. The summed E-state index contributed by atoms with van der Waals surface area (Å²) in [6.07, 6.45) is 3.66. The highest BCUT2D eigenvalue weighted by Gasteiger charge is 2.07. The summed E-state index contributed by atoms with van der Waals surface area (Å²) in [5, 5.41) is 12.1. The quantitative estimate of drug-likeness (QED) is 0.851. The molecule has 5 heteroatoms. The Hall–Kier alpha value is -1.72. The van der Waals surface area contributed by atoms with Crippen molar-refractivity contribution < 1.29 is 9.90 Å². The Morgan fingerprint density at radius 2 is 2.00 bits per heavy atom. The number of pyridine rings is 1. The van der Waals surface area contributed by atoms with Crippen LogP contribution in [-0.2, 0) is 17.8 Å². The molecule has 1 atom stereocenters. The number of rotatable bonds is 6. The maximum absolute atomic E-state index is 10.6. The molecular formula is C14H16N2O2S. The third kappa shape index (κ3) is 4.15. The SMILES string of the molecule is C[C@H](NCc1ccc(CC(=O)O)s1)c1ccncc1. The Morgan fingerprint density at radius 1 is 1.32 bits per heavy atom. The van der Waals surface area contributed by atoms with Crippen LogP contribution < -0.4 is 5.32 Å². The number of thiophene rings is 1. The number of aromatic nitrogens is 1. The zero-order valence-electron chi connectivity index (χ0n) is 10.7. The summed E-state index contributed by atoms with van der Waals surface area (Å²) in [5.41, 5.74) is 1.19. The second-order valence-corrected chi connectivity index (χ2v) is 5.57. The number of hydrogen-bond acceptors (Lipinski definition) is 4. The Kier molecular flexibility index (Phi) is 4.65. The Morgan fingerprint density at radius 3 is 2.68 bits per heavy atom. The van der Waals surface area contributed by atoms with E-state index >= 15 is 0 Å². The van der Waals surface area contributed by atoms with Crippen LogP contribution in [0.25, 0.3) is 0 Å². The molecule has 0 saturated heterocycles. The van der Waals surface area contributed by atoms with Gasteiger partial charge >= 0.3 is 5.97 Å². The van der Waals surface area contributed by atoms with Crippen molar-refractivity contribution >= 4 is 17.3 Å². The Bertz CT molecular complexity index is 539. The van der Waals surface area contributed by atoms with Crippen LogP contribution in [-0.4, -0.2) is 16.1 Å². The van der Waals surface area contributed by atoms with Crippen molar-refractivity contribution in [3.05, 3.63) is 52.0 Å². The van der Waals surface area contributed by atoms with Crippen molar-refractivity contribution in [3.8, 4) is 0 Å². The first-order chi connectivity index (χ1) is 9.15. The number of carboxylic acid groups (broad SMARTS) is 1. The van der Waals surface area contributed by atoms with E-state index in [-0.39, 0.29) is 12.5 Å². The number of carboxylic acids is 1. The fraction of sp³-hybridized carbons (Fsp3) is 0.286. The van der Waals surface area contributed by atoms with Crippen LogP contribution in [0.2, 0.25) is 0 Å². The van der Waals surface area contributed by atoms with Crippen molar-refractivity contribution in [2.75, 3.05) is 0 Å². The van der Waals surface area contributed by atoms with Crippen LogP contribution in [0.3, 0.4) is 0 Å². The lowest BCUT2D eigenvalue weighted by molar-refractivity contribution is -0.136. The Balaban J connectivity index is 1.88. The second kappa shape index (κ2) is 6.45. The predicted octanol–water partition coefficient (Wildman–Crippen LogP) is 2.62. The highest BCUT2D eigenvalue weighted by Crippen LogP contribution is 2.18. The molecule has 0 aliphatic heterocycles. The zero-order chi connectivity index (χ0) is 13.7. The highest BCUT2D eigenvalue weighted by atomic mass is 32.1. The topological polar surface area (TPSA) is 62.2 Å². The average Bonchev–Trinajstić information content (AvgIpc) is 2.84. The first kappa shape index (κ1) is 13.7. The molecule has 0 amide bonds. The van der Waals surface area contributed by atoms with Gasteiger partial charge in [-0.1, -0.05) is 0 Å². The van der Waals surface area contributed by atoms with Gasteiger partial charge in [-0.25, -0.2) is 0 Å². The summed E-state index contributed by atoms with van der Waals surface area (Å²) in [6, 6.07) is 8.08. The van der Waals surface area contributed by atoms with Gasteiger partial charge in [0.1, 0.15) is 0 Å². The molecule has 2 N–H and O–H groups in total. The van der Waals surface area contributed by atoms with Gasteiger partial charge in [0.2, 0.25) is 0 Å². The molecule has 0 aromatic carbocycles. The van der Waals surface area contributed by atoms with E-state index in [0.717, 1.165) is 16.3 Å². The lowest BCUT2D eigenvalue weighted by atomic mass is 10.1. The number of nitrogens with one attached hydrogen (secondary N) is 1. The lowest BCUT2D eigenvalue weighted by Crippen LogP contribution is -2.17. The molecule has 2 rings (SSSR count). The smallest absolute Gasteiger partial charge is 0.308 e. The standard InChI is InChI=1S/C14H16N2O2S/c1-10(11-4-6-15-7-5-11)16-9-13-3-2-12(19-13)8-14(17)18/h2-7,10,16H,8-9H2,1H3,(H,17,18)/t10-/m0/s1. The van der Waals surface area contributed by atoms with E-state index < -0.39 is 5.97 Å². The summed E-state index contributed by atoms with van der Waals surface area (Å²) in [7, 11) is 0. The van der Waals surface area contributed by atoms with E-state index in [1.54, 1.807) is 23.7 Å². The molecule has 2 aromatic heterocycles. The van der Waals surface area contributed by atoms with E-state index in [2.05, 4.69) is 17.2 Å². The normalized spacial score (nSPS) is 12.3. The van der Waals surface area contributed by atoms with E-state index in [0.29, 0.717) is 0 Å².